The van der Waals surface area contributed by atoms with E-state index in [0.717, 1.165) is 18.7 Å². The number of carbonyl (C=O) groups excluding carboxylic acids is 1. The van der Waals surface area contributed by atoms with Crippen molar-refractivity contribution in [3.63, 3.8) is 0 Å². The summed E-state index contributed by atoms with van der Waals surface area (Å²) < 4.78 is 0. The molecule has 1 saturated heterocycles. The van der Waals surface area contributed by atoms with Crippen LogP contribution in [-0.4, -0.2) is 29.9 Å². The van der Waals surface area contributed by atoms with Crippen LogP contribution in [0.2, 0.25) is 0 Å². The molecule has 1 aliphatic heterocycles. The van der Waals surface area contributed by atoms with E-state index in [0.29, 0.717) is 6.54 Å². The number of hydrogen-bond acceptors (Lipinski definition) is 2. The van der Waals surface area contributed by atoms with Crippen LogP contribution < -0.4 is 5.32 Å². The molecular weight excluding hydrogens is 260 g/mol. The molecule has 0 saturated carbocycles. The second-order valence-electron chi connectivity index (χ2n) is 6.18. The van der Waals surface area contributed by atoms with Crippen molar-refractivity contribution in [3.8, 4) is 0 Å². The first-order chi connectivity index (χ1) is 10.2. The Morgan fingerprint density at radius 3 is 2.29 bits per heavy atom. The van der Waals surface area contributed by atoms with E-state index in [4.69, 9.17) is 0 Å². The molecule has 116 valence electrons. The van der Waals surface area contributed by atoms with E-state index in [1.54, 1.807) is 0 Å². The van der Waals surface area contributed by atoms with Gasteiger partial charge in [0.25, 0.3) is 0 Å². The lowest BCUT2D eigenvalue weighted by atomic mass is 10.1. The molecule has 1 aliphatic rings. The van der Waals surface area contributed by atoms with Crippen molar-refractivity contribution in [2.24, 2.45) is 0 Å². The zero-order chi connectivity index (χ0) is 15.1. The Bertz CT molecular complexity index is 433. The minimum absolute atomic E-state index is 0.0199. The van der Waals surface area contributed by atoms with Crippen LogP contribution in [0.1, 0.15) is 50.2 Å². The predicted molar refractivity (Wildman–Crippen MR) is 87.1 cm³/mol. The van der Waals surface area contributed by atoms with Gasteiger partial charge in [-0.15, -0.1) is 0 Å². The van der Waals surface area contributed by atoms with Gasteiger partial charge in [0.05, 0.1) is 6.04 Å². The Labute approximate surface area is 128 Å². The van der Waals surface area contributed by atoms with Crippen molar-refractivity contribution >= 4 is 5.91 Å². The molecule has 0 spiro atoms. The molecule has 3 nitrogen and oxygen atoms in total. The van der Waals surface area contributed by atoms with Crippen LogP contribution >= 0.6 is 0 Å². The average molecular weight is 288 g/mol. The third-order valence-corrected chi connectivity index (χ3v) is 4.41. The maximum Gasteiger partial charge on any atom is 0.237 e. The van der Waals surface area contributed by atoms with Crippen LogP contribution in [0.15, 0.2) is 24.3 Å². The van der Waals surface area contributed by atoms with E-state index < -0.39 is 0 Å². The SMILES string of the molecule is Cc1ccc(CNC(=O)[C@@H](C)N2CCCCCCC2)cc1. The second kappa shape index (κ2) is 8.18. The van der Waals surface area contributed by atoms with Gasteiger partial charge in [-0.3, -0.25) is 9.69 Å². The molecule has 1 heterocycles. The van der Waals surface area contributed by atoms with Crippen LogP contribution in [0, 0.1) is 6.92 Å². The summed E-state index contributed by atoms with van der Waals surface area (Å²) in [6, 6.07) is 8.31. The van der Waals surface area contributed by atoms with Crippen LogP contribution in [0.5, 0.6) is 0 Å². The molecule has 1 fully saturated rings. The summed E-state index contributed by atoms with van der Waals surface area (Å²) in [6.45, 7) is 6.84. The molecule has 1 atom stereocenters. The number of carbonyl (C=O) groups is 1. The summed E-state index contributed by atoms with van der Waals surface area (Å²) in [5, 5.41) is 3.07. The lowest BCUT2D eigenvalue weighted by Gasteiger charge is -2.29. The highest BCUT2D eigenvalue weighted by molar-refractivity contribution is 5.81. The Morgan fingerprint density at radius 1 is 1.10 bits per heavy atom. The van der Waals surface area contributed by atoms with Crippen LogP contribution in [-0.2, 0) is 11.3 Å². The highest BCUT2D eigenvalue weighted by atomic mass is 16.2. The second-order valence-corrected chi connectivity index (χ2v) is 6.18. The number of rotatable bonds is 4. The standard InChI is InChI=1S/C18H28N2O/c1-15-8-10-17(11-9-15)14-19-18(21)16(2)20-12-6-4-3-5-7-13-20/h8-11,16H,3-7,12-14H2,1-2H3,(H,19,21)/t16-/m1/s1. The number of likely N-dealkylation sites (tertiary alicyclic amines) is 1. The summed E-state index contributed by atoms with van der Waals surface area (Å²) in [7, 11) is 0. The minimum atomic E-state index is -0.0199. The minimum Gasteiger partial charge on any atom is -0.351 e. The zero-order valence-electron chi connectivity index (χ0n) is 13.4. The molecule has 21 heavy (non-hydrogen) atoms. The quantitative estimate of drug-likeness (QED) is 0.922. The monoisotopic (exact) mass is 288 g/mol. The van der Waals surface area contributed by atoms with Gasteiger partial charge in [0.2, 0.25) is 5.91 Å². The van der Waals surface area contributed by atoms with Gasteiger partial charge in [-0.05, 0) is 45.3 Å². The molecule has 2 rings (SSSR count). The van der Waals surface area contributed by atoms with Gasteiger partial charge in [0.15, 0.2) is 0 Å². The first-order valence-electron chi connectivity index (χ1n) is 8.24. The molecule has 0 unspecified atom stereocenters. The number of benzene rings is 1. The smallest absolute Gasteiger partial charge is 0.237 e. The van der Waals surface area contributed by atoms with Gasteiger partial charge in [-0.2, -0.15) is 0 Å². The van der Waals surface area contributed by atoms with E-state index in [2.05, 4.69) is 41.4 Å². The number of nitrogens with one attached hydrogen (secondary N) is 1. The van der Waals surface area contributed by atoms with Crippen molar-refractivity contribution in [3.05, 3.63) is 35.4 Å². The van der Waals surface area contributed by atoms with Crippen molar-refractivity contribution in [1.29, 1.82) is 0 Å². The Balaban J connectivity index is 1.82. The normalized spacial score (nSPS) is 18.6. The summed E-state index contributed by atoms with van der Waals surface area (Å²) >= 11 is 0. The molecule has 3 heteroatoms. The van der Waals surface area contributed by atoms with E-state index in [1.165, 1.54) is 37.7 Å². The lowest BCUT2D eigenvalue weighted by molar-refractivity contribution is -0.126. The lowest BCUT2D eigenvalue weighted by Crippen LogP contribution is -2.46. The van der Waals surface area contributed by atoms with Crippen molar-refractivity contribution < 1.29 is 4.79 Å². The fraction of sp³-hybridized carbons (Fsp3) is 0.611. The van der Waals surface area contributed by atoms with E-state index in [9.17, 15) is 4.79 Å². The van der Waals surface area contributed by atoms with Gasteiger partial charge < -0.3 is 5.32 Å². The van der Waals surface area contributed by atoms with Crippen molar-refractivity contribution in [2.45, 2.75) is 58.5 Å². The first kappa shape index (κ1) is 16.0. The molecule has 1 N–H and O–H groups in total. The maximum atomic E-state index is 12.3. The highest BCUT2D eigenvalue weighted by Crippen LogP contribution is 2.13. The molecule has 0 bridgehead atoms. The summed E-state index contributed by atoms with van der Waals surface area (Å²) in [5.74, 6) is 0.149. The zero-order valence-corrected chi connectivity index (χ0v) is 13.4. The summed E-state index contributed by atoms with van der Waals surface area (Å²) in [4.78, 5) is 14.7. The van der Waals surface area contributed by atoms with Crippen LogP contribution in [0.3, 0.4) is 0 Å². The topological polar surface area (TPSA) is 32.3 Å². The van der Waals surface area contributed by atoms with Crippen LogP contribution in [0.4, 0.5) is 0 Å². The molecule has 0 aromatic heterocycles. The third kappa shape index (κ3) is 5.16. The summed E-state index contributed by atoms with van der Waals surface area (Å²) in [6.07, 6.45) is 6.38. The van der Waals surface area contributed by atoms with Crippen molar-refractivity contribution in [2.75, 3.05) is 13.1 Å². The molecule has 1 aromatic rings. The average Bonchev–Trinajstić information content (AvgIpc) is 2.45. The molecular formula is C18H28N2O. The van der Waals surface area contributed by atoms with Gasteiger partial charge >= 0.3 is 0 Å². The number of nitrogens with zero attached hydrogens (tertiary/aromatic N) is 1. The molecule has 1 aromatic carbocycles. The van der Waals surface area contributed by atoms with E-state index in [-0.39, 0.29) is 11.9 Å². The summed E-state index contributed by atoms with van der Waals surface area (Å²) in [5.41, 5.74) is 2.41. The third-order valence-electron chi connectivity index (χ3n) is 4.41. The molecule has 0 radical (unpaired) electrons. The Morgan fingerprint density at radius 2 is 1.67 bits per heavy atom. The van der Waals surface area contributed by atoms with Crippen molar-refractivity contribution in [1.82, 2.24) is 10.2 Å². The van der Waals surface area contributed by atoms with Gasteiger partial charge in [0, 0.05) is 6.54 Å². The van der Waals surface area contributed by atoms with E-state index >= 15 is 0 Å². The first-order valence-corrected chi connectivity index (χ1v) is 8.24. The van der Waals surface area contributed by atoms with Gasteiger partial charge in [0.1, 0.15) is 0 Å². The Hall–Kier alpha value is -1.35. The highest BCUT2D eigenvalue weighted by Gasteiger charge is 2.21. The Kier molecular flexibility index (Phi) is 6.24. The largest absolute Gasteiger partial charge is 0.351 e. The fourth-order valence-corrected chi connectivity index (χ4v) is 2.87. The molecule has 1 amide bonds. The number of amides is 1. The number of aryl methyl sites for hydroxylation is 1. The molecule has 0 aliphatic carbocycles. The fourth-order valence-electron chi connectivity index (χ4n) is 2.87. The van der Waals surface area contributed by atoms with Gasteiger partial charge in [-0.25, -0.2) is 0 Å². The maximum absolute atomic E-state index is 12.3. The van der Waals surface area contributed by atoms with Gasteiger partial charge in [-0.1, -0.05) is 49.1 Å². The van der Waals surface area contributed by atoms with E-state index in [1.807, 2.05) is 6.92 Å². The predicted octanol–water partition coefficient (Wildman–Crippen LogP) is 3.27. The number of hydrogen-bond donors (Lipinski definition) is 1. The van der Waals surface area contributed by atoms with Crippen LogP contribution in [0.25, 0.3) is 0 Å².